The predicted octanol–water partition coefficient (Wildman–Crippen LogP) is 3.78. The van der Waals surface area contributed by atoms with Gasteiger partial charge in [-0.15, -0.1) is 0 Å². The van der Waals surface area contributed by atoms with Crippen molar-refractivity contribution in [1.82, 2.24) is 0 Å². The summed E-state index contributed by atoms with van der Waals surface area (Å²) in [5.41, 5.74) is 1.78. The molecule has 0 spiro atoms. The van der Waals surface area contributed by atoms with Gasteiger partial charge in [0.05, 0.1) is 21.3 Å². The van der Waals surface area contributed by atoms with E-state index in [1.54, 1.807) is 31.4 Å². The minimum absolute atomic E-state index is 0.239. The highest BCUT2D eigenvalue weighted by atomic mass is 16.5. The molecule has 0 N–H and O–H groups in total. The van der Waals surface area contributed by atoms with Crippen LogP contribution in [0.15, 0.2) is 48.5 Å². The highest BCUT2D eigenvalue weighted by Crippen LogP contribution is 2.33. The second-order valence-corrected chi connectivity index (χ2v) is 5.59. The molecule has 0 radical (unpaired) electrons. The van der Waals surface area contributed by atoms with Crippen molar-refractivity contribution in [2.75, 3.05) is 21.3 Å². The molecule has 0 aliphatic carbocycles. The minimum Gasteiger partial charge on any atom is -0.493 e. The zero-order valence-corrected chi connectivity index (χ0v) is 15.6. The number of esters is 2. The van der Waals surface area contributed by atoms with Crippen molar-refractivity contribution in [3.05, 3.63) is 59.7 Å². The molecule has 0 bridgehead atoms. The van der Waals surface area contributed by atoms with Crippen LogP contribution in [0.4, 0.5) is 0 Å². The lowest BCUT2D eigenvalue weighted by Gasteiger charge is -2.11. The van der Waals surface area contributed by atoms with Gasteiger partial charge in [0, 0.05) is 12.5 Å². The molecule has 0 saturated carbocycles. The summed E-state index contributed by atoms with van der Waals surface area (Å²) in [6.45, 7) is 0. The van der Waals surface area contributed by atoms with E-state index in [1.165, 1.54) is 20.3 Å². The Labute approximate surface area is 158 Å². The fraction of sp³-hybridized carbons (Fsp3) is 0.238. The van der Waals surface area contributed by atoms with Crippen LogP contribution in [-0.4, -0.2) is 33.3 Å². The lowest BCUT2D eigenvalue weighted by molar-refractivity contribution is -0.140. The molecule has 6 heteroatoms. The second kappa shape index (κ2) is 10.0. The van der Waals surface area contributed by atoms with Crippen LogP contribution in [0.2, 0.25) is 0 Å². The summed E-state index contributed by atoms with van der Waals surface area (Å²) in [5.74, 6) is 1.05. The molecule has 27 heavy (non-hydrogen) atoms. The first-order chi connectivity index (χ1) is 13.0. The Morgan fingerprint density at radius 3 is 2.30 bits per heavy atom. The van der Waals surface area contributed by atoms with Gasteiger partial charge < -0.3 is 18.9 Å². The first-order valence-electron chi connectivity index (χ1n) is 8.33. The zero-order valence-electron chi connectivity index (χ0n) is 15.6. The molecule has 2 aromatic rings. The summed E-state index contributed by atoms with van der Waals surface area (Å²) >= 11 is 0. The van der Waals surface area contributed by atoms with Crippen LogP contribution in [0.1, 0.15) is 17.5 Å². The number of carbonyl (C=O) groups is 2. The fourth-order valence-corrected chi connectivity index (χ4v) is 2.31. The van der Waals surface area contributed by atoms with Gasteiger partial charge in [0.15, 0.2) is 11.5 Å². The van der Waals surface area contributed by atoms with Crippen LogP contribution in [0.5, 0.6) is 17.2 Å². The molecular weight excluding hydrogens is 348 g/mol. The van der Waals surface area contributed by atoms with Gasteiger partial charge in [0.25, 0.3) is 0 Å². The maximum absolute atomic E-state index is 11.2. The lowest BCUT2D eigenvalue weighted by atomic mass is 10.1. The van der Waals surface area contributed by atoms with Crippen molar-refractivity contribution in [3.63, 3.8) is 0 Å². The number of aryl methyl sites for hydroxylation is 1. The molecule has 0 aliphatic heterocycles. The van der Waals surface area contributed by atoms with Crippen LogP contribution in [0, 0.1) is 0 Å². The fourth-order valence-electron chi connectivity index (χ4n) is 2.31. The smallest absolute Gasteiger partial charge is 0.330 e. The van der Waals surface area contributed by atoms with E-state index in [0.717, 1.165) is 11.1 Å². The van der Waals surface area contributed by atoms with Gasteiger partial charge >= 0.3 is 11.9 Å². The Kier molecular flexibility index (Phi) is 7.43. The summed E-state index contributed by atoms with van der Waals surface area (Å²) in [4.78, 5) is 22.5. The van der Waals surface area contributed by atoms with Gasteiger partial charge in [-0.1, -0.05) is 18.2 Å². The summed E-state index contributed by atoms with van der Waals surface area (Å²) in [6.07, 6.45) is 3.90. The van der Waals surface area contributed by atoms with Crippen molar-refractivity contribution in [3.8, 4) is 17.2 Å². The van der Waals surface area contributed by atoms with E-state index in [4.69, 9.17) is 9.47 Å². The highest BCUT2D eigenvalue weighted by Gasteiger charge is 2.08. The van der Waals surface area contributed by atoms with E-state index < -0.39 is 5.97 Å². The maximum atomic E-state index is 11.2. The molecule has 0 fully saturated rings. The van der Waals surface area contributed by atoms with Gasteiger partial charge in [-0.05, 0) is 47.9 Å². The van der Waals surface area contributed by atoms with Crippen LogP contribution >= 0.6 is 0 Å². The molecule has 6 nitrogen and oxygen atoms in total. The molecule has 0 saturated heterocycles. The summed E-state index contributed by atoms with van der Waals surface area (Å²) in [7, 11) is 4.26. The summed E-state index contributed by atoms with van der Waals surface area (Å²) < 4.78 is 20.5. The molecule has 2 aromatic carbocycles. The van der Waals surface area contributed by atoms with Gasteiger partial charge in [0.2, 0.25) is 0 Å². The Balaban J connectivity index is 2.11. The second-order valence-electron chi connectivity index (χ2n) is 5.59. The Morgan fingerprint density at radius 2 is 1.67 bits per heavy atom. The van der Waals surface area contributed by atoms with Crippen molar-refractivity contribution in [1.29, 1.82) is 0 Å². The molecule has 142 valence electrons. The molecule has 0 aromatic heterocycles. The largest absolute Gasteiger partial charge is 0.493 e. The third kappa shape index (κ3) is 6.18. The van der Waals surface area contributed by atoms with E-state index in [1.807, 2.05) is 24.3 Å². The lowest BCUT2D eigenvalue weighted by Crippen LogP contribution is -2.01. The predicted molar refractivity (Wildman–Crippen MR) is 101 cm³/mol. The third-order valence-electron chi connectivity index (χ3n) is 3.80. The van der Waals surface area contributed by atoms with E-state index in [-0.39, 0.29) is 5.97 Å². The highest BCUT2D eigenvalue weighted by molar-refractivity contribution is 5.87. The molecule has 0 amide bonds. The molecule has 0 aliphatic rings. The van der Waals surface area contributed by atoms with Gasteiger partial charge in [-0.3, -0.25) is 4.79 Å². The van der Waals surface area contributed by atoms with E-state index >= 15 is 0 Å². The SMILES string of the molecule is COC(=O)/C=C/c1ccc(OC)c(Oc2ccc(CCC(=O)OC)cc2)c1. The number of ether oxygens (including phenoxy) is 4. The van der Waals surface area contributed by atoms with Crippen molar-refractivity contribution >= 4 is 18.0 Å². The number of hydrogen-bond acceptors (Lipinski definition) is 6. The minimum atomic E-state index is -0.434. The van der Waals surface area contributed by atoms with Crippen LogP contribution in [0.3, 0.4) is 0 Å². The average Bonchev–Trinajstić information content (AvgIpc) is 2.71. The third-order valence-corrected chi connectivity index (χ3v) is 3.80. The topological polar surface area (TPSA) is 71.1 Å². The standard InChI is InChI=1S/C21H22O6/c1-24-18-11-6-16(8-13-21(23)26-3)14-19(18)27-17-9-4-15(5-10-17)7-12-20(22)25-2/h4-6,8-11,13-14H,7,12H2,1-3H3/b13-8+. The molecule has 0 atom stereocenters. The Hall–Kier alpha value is -3.28. The first kappa shape index (κ1) is 20.0. The van der Waals surface area contributed by atoms with Crippen molar-refractivity contribution < 1.29 is 28.5 Å². The number of methoxy groups -OCH3 is 3. The van der Waals surface area contributed by atoms with Crippen LogP contribution < -0.4 is 9.47 Å². The molecular formula is C21H22O6. The van der Waals surface area contributed by atoms with E-state index in [0.29, 0.717) is 30.1 Å². The van der Waals surface area contributed by atoms with Gasteiger partial charge in [-0.25, -0.2) is 4.79 Å². The van der Waals surface area contributed by atoms with Gasteiger partial charge in [0.1, 0.15) is 5.75 Å². The maximum Gasteiger partial charge on any atom is 0.330 e. The van der Waals surface area contributed by atoms with Crippen LogP contribution in [0.25, 0.3) is 6.08 Å². The summed E-state index contributed by atoms with van der Waals surface area (Å²) in [5, 5.41) is 0. The Morgan fingerprint density at radius 1 is 0.926 bits per heavy atom. The summed E-state index contributed by atoms with van der Waals surface area (Å²) in [6, 6.07) is 12.8. The number of benzene rings is 2. The quantitative estimate of drug-likeness (QED) is 0.520. The number of carbonyl (C=O) groups excluding carboxylic acids is 2. The monoisotopic (exact) mass is 370 g/mol. The molecule has 0 heterocycles. The Bertz CT molecular complexity index is 808. The zero-order chi connectivity index (χ0) is 19.6. The number of hydrogen-bond donors (Lipinski definition) is 0. The van der Waals surface area contributed by atoms with Crippen LogP contribution in [-0.2, 0) is 25.5 Å². The first-order valence-corrected chi connectivity index (χ1v) is 8.33. The average molecular weight is 370 g/mol. The van der Waals surface area contributed by atoms with E-state index in [2.05, 4.69) is 9.47 Å². The molecule has 0 unspecified atom stereocenters. The van der Waals surface area contributed by atoms with Crippen molar-refractivity contribution in [2.45, 2.75) is 12.8 Å². The van der Waals surface area contributed by atoms with Crippen molar-refractivity contribution in [2.24, 2.45) is 0 Å². The van der Waals surface area contributed by atoms with E-state index in [9.17, 15) is 9.59 Å². The molecule has 2 rings (SSSR count). The van der Waals surface area contributed by atoms with Gasteiger partial charge in [-0.2, -0.15) is 0 Å². The normalized spacial score (nSPS) is 10.5. The number of rotatable bonds is 8.